The second-order valence-corrected chi connectivity index (χ2v) is 5.72. The van der Waals surface area contributed by atoms with Crippen LogP contribution in [0.4, 0.5) is 11.6 Å². The van der Waals surface area contributed by atoms with Crippen LogP contribution in [0.1, 0.15) is 15.9 Å². The quantitative estimate of drug-likeness (QED) is 0.935. The highest BCUT2D eigenvalue weighted by Crippen LogP contribution is 2.21. The number of hydrogen-bond acceptors (Lipinski definition) is 5. The van der Waals surface area contributed by atoms with Gasteiger partial charge in [0.15, 0.2) is 0 Å². The maximum absolute atomic E-state index is 12.3. The molecule has 1 fully saturated rings. The van der Waals surface area contributed by atoms with Gasteiger partial charge in [-0.2, -0.15) is 0 Å². The summed E-state index contributed by atoms with van der Waals surface area (Å²) in [5.41, 5.74) is 2.02. The van der Waals surface area contributed by atoms with Gasteiger partial charge in [-0.3, -0.25) is 4.79 Å². The highest BCUT2D eigenvalue weighted by molar-refractivity contribution is 6.31. The Kier molecular flexibility index (Phi) is 4.73. The van der Waals surface area contributed by atoms with E-state index in [1.54, 1.807) is 12.1 Å². The third-order valence-corrected chi connectivity index (χ3v) is 3.88. The number of aryl methyl sites for hydroxylation is 1. The first-order valence-corrected chi connectivity index (χ1v) is 7.73. The van der Waals surface area contributed by atoms with Crippen molar-refractivity contribution in [3.63, 3.8) is 0 Å². The van der Waals surface area contributed by atoms with Crippen LogP contribution in [-0.4, -0.2) is 42.2 Å². The number of amides is 1. The topological polar surface area (TPSA) is 67.4 Å². The molecule has 6 nitrogen and oxygen atoms in total. The number of anilines is 2. The Morgan fingerprint density at radius 1 is 1.26 bits per heavy atom. The zero-order valence-electron chi connectivity index (χ0n) is 12.8. The Morgan fingerprint density at radius 2 is 1.96 bits per heavy atom. The monoisotopic (exact) mass is 332 g/mol. The van der Waals surface area contributed by atoms with Crippen LogP contribution in [0.5, 0.6) is 0 Å². The molecule has 120 valence electrons. The van der Waals surface area contributed by atoms with Crippen LogP contribution < -0.4 is 10.2 Å². The number of carbonyl (C=O) groups is 1. The van der Waals surface area contributed by atoms with Crippen LogP contribution in [0.3, 0.4) is 0 Å². The molecule has 23 heavy (non-hydrogen) atoms. The van der Waals surface area contributed by atoms with Crippen molar-refractivity contribution >= 4 is 29.1 Å². The fourth-order valence-electron chi connectivity index (χ4n) is 2.29. The lowest BCUT2D eigenvalue weighted by atomic mass is 10.2. The van der Waals surface area contributed by atoms with Gasteiger partial charge in [0.25, 0.3) is 5.91 Å². The molecule has 1 saturated heterocycles. The van der Waals surface area contributed by atoms with Gasteiger partial charge in [-0.25, -0.2) is 9.97 Å². The van der Waals surface area contributed by atoms with Gasteiger partial charge < -0.3 is 15.0 Å². The first kappa shape index (κ1) is 15.7. The molecule has 0 atom stereocenters. The molecule has 3 rings (SSSR count). The number of ether oxygens (including phenoxy) is 1. The maximum atomic E-state index is 12.3. The van der Waals surface area contributed by atoms with Crippen molar-refractivity contribution in [1.82, 2.24) is 9.97 Å². The fraction of sp³-hybridized carbons (Fsp3) is 0.312. The van der Waals surface area contributed by atoms with Crippen LogP contribution in [0.15, 0.2) is 30.6 Å². The van der Waals surface area contributed by atoms with E-state index in [1.807, 2.05) is 17.9 Å². The smallest absolute Gasteiger partial charge is 0.258 e. The second kappa shape index (κ2) is 6.93. The van der Waals surface area contributed by atoms with Gasteiger partial charge in [-0.15, -0.1) is 0 Å². The standard InChI is InChI=1S/C16H17ClN4O2/c1-11-2-3-13(17)8-14(11)20-15(22)12-9-18-16(19-10-12)21-4-6-23-7-5-21/h2-3,8-10H,4-7H2,1H3,(H,20,22). The van der Waals surface area contributed by atoms with E-state index in [4.69, 9.17) is 16.3 Å². The van der Waals surface area contributed by atoms with Crippen LogP contribution in [0, 0.1) is 6.92 Å². The first-order chi connectivity index (χ1) is 11.1. The number of nitrogens with zero attached hydrogens (tertiary/aromatic N) is 3. The molecular formula is C16H17ClN4O2. The molecule has 1 aliphatic heterocycles. The number of hydrogen-bond donors (Lipinski definition) is 1. The van der Waals surface area contributed by atoms with E-state index in [1.165, 1.54) is 12.4 Å². The molecule has 2 aromatic rings. The maximum Gasteiger partial charge on any atom is 0.258 e. The lowest BCUT2D eigenvalue weighted by Gasteiger charge is -2.26. The average Bonchev–Trinajstić information content (AvgIpc) is 2.59. The second-order valence-electron chi connectivity index (χ2n) is 5.28. The Balaban J connectivity index is 1.71. The van der Waals surface area contributed by atoms with Crippen molar-refractivity contribution in [3.05, 3.63) is 46.7 Å². The molecule has 0 saturated carbocycles. The summed E-state index contributed by atoms with van der Waals surface area (Å²) in [6, 6.07) is 5.36. The summed E-state index contributed by atoms with van der Waals surface area (Å²) < 4.78 is 5.30. The SMILES string of the molecule is Cc1ccc(Cl)cc1NC(=O)c1cnc(N2CCOCC2)nc1. The summed E-state index contributed by atoms with van der Waals surface area (Å²) in [6.07, 6.45) is 3.07. The van der Waals surface area contributed by atoms with Crippen LogP contribution >= 0.6 is 11.6 Å². The van der Waals surface area contributed by atoms with E-state index in [0.717, 1.165) is 18.7 Å². The Bertz CT molecular complexity index is 700. The summed E-state index contributed by atoms with van der Waals surface area (Å²) in [6.45, 7) is 4.75. The van der Waals surface area contributed by atoms with Gasteiger partial charge in [-0.1, -0.05) is 17.7 Å². The molecule has 1 aromatic heterocycles. The Hall–Kier alpha value is -2.18. The minimum atomic E-state index is -0.260. The summed E-state index contributed by atoms with van der Waals surface area (Å²) >= 11 is 5.96. The minimum absolute atomic E-state index is 0.260. The summed E-state index contributed by atoms with van der Waals surface area (Å²) in [4.78, 5) is 22.9. The number of benzene rings is 1. The molecule has 1 aromatic carbocycles. The number of halogens is 1. The van der Waals surface area contributed by atoms with Crippen molar-refractivity contribution in [2.24, 2.45) is 0 Å². The van der Waals surface area contributed by atoms with Gasteiger partial charge in [0, 0.05) is 36.2 Å². The van der Waals surface area contributed by atoms with Crippen molar-refractivity contribution < 1.29 is 9.53 Å². The highest BCUT2D eigenvalue weighted by atomic mass is 35.5. The predicted octanol–water partition coefficient (Wildman–Crippen LogP) is 2.53. The minimum Gasteiger partial charge on any atom is -0.378 e. The van der Waals surface area contributed by atoms with Crippen molar-refractivity contribution in [3.8, 4) is 0 Å². The normalized spacial score (nSPS) is 14.6. The fourth-order valence-corrected chi connectivity index (χ4v) is 2.46. The molecule has 1 amide bonds. The Morgan fingerprint density at radius 3 is 2.65 bits per heavy atom. The van der Waals surface area contributed by atoms with E-state index in [9.17, 15) is 4.79 Å². The largest absolute Gasteiger partial charge is 0.378 e. The molecule has 2 heterocycles. The number of rotatable bonds is 3. The van der Waals surface area contributed by atoms with Gasteiger partial charge in [-0.05, 0) is 24.6 Å². The average molecular weight is 333 g/mol. The van der Waals surface area contributed by atoms with Gasteiger partial charge in [0.1, 0.15) is 0 Å². The van der Waals surface area contributed by atoms with Crippen LogP contribution in [0.25, 0.3) is 0 Å². The van der Waals surface area contributed by atoms with Gasteiger partial charge in [0.2, 0.25) is 5.95 Å². The predicted molar refractivity (Wildman–Crippen MR) is 89.2 cm³/mol. The number of morpholine rings is 1. The molecule has 1 N–H and O–H groups in total. The third-order valence-electron chi connectivity index (χ3n) is 3.64. The first-order valence-electron chi connectivity index (χ1n) is 7.36. The molecule has 1 aliphatic rings. The molecule has 0 spiro atoms. The van der Waals surface area contributed by atoms with E-state index < -0.39 is 0 Å². The van der Waals surface area contributed by atoms with E-state index in [0.29, 0.717) is 35.4 Å². The van der Waals surface area contributed by atoms with Gasteiger partial charge in [0.05, 0.1) is 18.8 Å². The highest BCUT2D eigenvalue weighted by Gasteiger charge is 2.15. The molecular weight excluding hydrogens is 316 g/mol. The molecule has 7 heteroatoms. The van der Waals surface area contributed by atoms with E-state index >= 15 is 0 Å². The Labute approximate surface area is 139 Å². The summed E-state index contributed by atoms with van der Waals surface area (Å²) in [7, 11) is 0. The van der Waals surface area contributed by atoms with E-state index in [2.05, 4.69) is 15.3 Å². The van der Waals surface area contributed by atoms with Crippen LogP contribution in [0.2, 0.25) is 5.02 Å². The number of carbonyl (C=O) groups excluding carboxylic acids is 1. The van der Waals surface area contributed by atoms with E-state index in [-0.39, 0.29) is 5.91 Å². The van der Waals surface area contributed by atoms with Crippen molar-refractivity contribution in [1.29, 1.82) is 0 Å². The summed E-state index contributed by atoms with van der Waals surface area (Å²) in [5.74, 6) is 0.354. The van der Waals surface area contributed by atoms with Crippen LogP contribution in [-0.2, 0) is 4.74 Å². The molecule has 0 bridgehead atoms. The molecule has 0 radical (unpaired) electrons. The van der Waals surface area contributed by atoms with Gasteiger partial charge >= 0.3 is 0 Å². The lowest BCUT2D eigenvalue weighted by molar-refractivity contribution is 0.102. The summed E-state index contributed by atoms with van der Waals surface area (Å²) in [5, 5.41) is 3.40. The van der Waals surface area contributed by atoms with Crippen molar-refractivity contribution in [2.75, 3.05) is 36.5 Å². The number of aromatic nitrogens is 2. The third kappa shape index (κ3) is 3.78. The zero-order chi connectivity index (χ0) is 16.2. The van der Waals surface area contributed by atoms with Crippen molar-refractivity contribution in [2.45, 2.75) is 6.92 Å². The molecule has 0 unspecified atom stereocenters. The number of nitrogens with one attached hydrogen (secondary N) is 1. The molecule has 0 aliphatic carbocycles. The zero-order valence-corrected chi connectivity index (χ0v) is 13.5. The lowest BCUT2D eigenvalue weighted by Crippen LogP contribution is -2.37.